The maximum Gasteiger partial charge on any atom is 0.263 e. The Hall–Kier alpha value is -1.85. The van der Waals surface area contributed by atoms with Crippen LogP contribution in [0.2, 0.25) is 0 Å². The fourth-order valence-electron chi connectivity index (χ4n) is 2.52. The Morgan fingerprint density at radius 3 is 2.73 bits per heavy atom. The first kappa shape index (κ1) is 20.5. The van der Waals surface area contributed by atoms with Crippen LogP contribution in [0.4, 0.5) is 0 Å². The van der Waals surface area contributed by atoms with Crippen molar-refractivity contribution in [3.8, 4) is 6.07 Å². The zero-order valence-electron chi connectivity index (χ0n) is 15.8. The molecule has 26 heavy (non-hydrogen) atoms. The molecule has 0 bridgehead atoms. The molecule has 0 unspecified atom stereocenters. The number of rotatable bonds is 7. The van der Waals surface area contributed by atoms with Crippen molar-refractivity contribution in [3.63, 3.8) is 0 Å². The van der Waals surface area contributed by atoms with Crippen LogP contribution >= 0.6 is 23.1 Å². The van der Waals surface area contributed by atoms with Gasteiger partial charge in [-0.2, -0.15) is 5.26 Å². The van der Waals surface area contributed by atoms with E-state index >= 15 is 0 Å². The number of amides is 1. The first-order chi connectivity index (χ1) is 12.3. The van der Waals surface area contributed by atoms with E-state index in [1.807, 2.05) is 19.9 Å². The number of fused-ring (bicyclic) bond motifs is 1. The summed E-state index contributed by atoms with van der Waals surface area (Å²) >= 11 is 2.80. The van der Waals surface area contributed by atoms with Crippen LogP contribution in [0, 0.1) is 31.1 Å². The first-order valence-corrected chi connectivity index (χ1v) is 10.3. The lowest BCUT2D eigenvalue weighted by molar-refractivity contribution is -0.127. The summed E-state index contributed by atoms with van der Waals surface area (Å²) in [6.07, 6.45) is 0.308. The molecule has 0 aliphatic rings. The van der Waals surface area contributed by atoms with E-state index in [4.69, 9.17) is 5.26 Å². The summed E-state index contributed by atoms with van der Waals surface area (Å²) in [6.45, 7) is 9.03. The number of hydrogen-bond donors (Lipinski definition) is 0. The predicted octanol–water partition coefficient (Wildman–Crippen LogP) is 3.20. The molecule has 2 aromatic heterocycles. The molecular weight excluding hydrogens is 368 g/mol. The molecule has 0 fully saturated rings. The molecule has 0 N–H and O–H groups in total. The molecule has 0 atom stereocenters. The number of aryl methyl sites for hydroxylation is 2. The van der Waals surface area contributed by atoms with Crippen molar-refractivity contribution >= 4 is 39.2 Å². The van der Waals surface area contributed by atoms with E-state index in [0.29, 0.717) is 36.0 Å². The largest absolute Gasteiger partial charge is 0.344 e. The zero-order chi connectivity index (χ0) is 19.4. The summed E-state index contributed by atoms with van der Waals surface area (Å²) in [5, 5.41) is 9.91. The Labute approximate surface area is 161 Å². The molecule has 0 spiro atoms. The SMILES string of the molecule is Cc1sc2nc(SCC(=O)N(C)CCC#N)n(CC(C)C)c(=O)c2c1C. The van der Waals surface area contributed by atoms with Gasteiger partial charge in [-0.05, 0) is 25.3 Å². The molecule has 2 heterocycles. The summed E-state index contributed by atoms with van der Waals surface area (Å²) in [5.74, 6) is 0.413. The van der Waals surface area contributed by atoms with Crippen LogP contribution < -0.4 is 5.56 Å². The van der Waals surface area contributed by atoms with Crippen molar-refractivity contribution in [2.75, 3.05) is 19.3 Å². The Morgan fingerprint density at radius 1 is 1.42 bits per heavy atom. The lowest BCUT2D eigenvalue weighted by Crippen LogP contribution is -2.30. The number of nitrogens with zero attached hydrogens (tertiary/aromatic N) is 4. The van der Waals surface area contributed by atoms with E-state index in [-0.39, 0.29) is 17.2 Å². The Balaban J connectivity index is 2.35. The number of carbonyl (C=O) groups excluding carboxylic acids is 1. The van der Waals surface area contributed by atoms with Gasteiger partial charge >= 0.3 is 0 Å². The van der Waals surface area contributed by atoms with Gasteiger partial charge in [-0.1, -0.05) is 25.6 Å². The normalized spacial score (nSPS) is 11.1. The highest BCUT2D eigenvalue weighted by molar-refractivity contribution is 7.99. The molecule has 8 heteroatoms. The fraction of sp³-hybridized carbons (Fsp3) is 0.556. The molecule has 0 saturated heterocycles. The van der Waals surface area contributed by atoms with Crippen molar-refractivity contribution in [2.45, 2.75) is 45.8 Å². The van der Waals surface area contributed by atoms with Crippen molar-refractivity contribution in [3.05, 3.63) is 20.8 Å². The minimum absolute atomic E-state index is 0.0293. The summed E-state index contributed by atoms with van der Waals surface area (Å²) < 4.78 is 1.69. The van der Waals surface area contributed by atoms with E-state index in [1.54, 1.807) is 16.5 Å². The van der Waals surface area contributed by atoms with E-state index < -0.39 is 0 Å². The lowest BCUT2D eigenvalue weighted by Gasteiger charge is -2.17. The number of thioether (sulfide) groups is 1. The van der Waals surface area contributed by atoms with Crippen LogP contribution in [-0.2, 0) is 11.3 Å². The maximum atomic E-state index is 13.0. The number of aromatic nitrogens is 2. The molecule has 0 saturated carbocycles. The van der Waals surface area contributed by atoms with Gasteiger partial charge in [-0.25, -0.2) is 4.98 Å². The summed E-state index contributed by atoms with van der Waals surface area (Å²) in [5.41, 5.74) is 0.960. The van der Waals surface area contributed by atoms with Gasteiger partial charge in [0.15, 0.2) is 5.16 Å². The number of hydrogen-bond acceptors (Lipinski definition) is 6. The molecule has 1 amide bonds. The third kappa shape index (κ3) is 4.46. The van der Waals surface area contributed by atoms with Gasteiger partial charge in [0.1, 0.15) is 4.83 Å². The average molecular weight is 393 g/mol. The summed E-state index contributed by atoms with van der Waals surface area (Å²) in [4.78, 5) is 33.3. The van der Waals surface area contributed by atoms with Crippen LogP contribution in [0.25, 0.3) is 10.2 Å². The minimum atomic E-state index is -0.0748. The van der Waals surface area contributed by atoms with Crippen LogP contribution in [0.3, 0.4) is 0 Å². The van der Waals surface area contributed by atoms with Crippen molar-refractivity contribution in [1.82, 2.24) is 14.5 Å². The fourth-order valence-corrected chi connectivity index (χ4v) is 4.54. The molecule has 2 rings (SSSR count). The van der Waals surface area contributed by atoms with Gasteiger partial charge in [0.2, 0.25) is 5.91 Å². The van der Waals surface area contributed by atoms with Crippen molar-refractivity contribution in [1.29, 1.82) is 5.26 Å². The number of carbonyl (C=O) groups is 1. The van der Waals surface area contributed by atoms with Gasteiger partial charge in [0, 0.05) is 25.0 Å². The Kier molecular flexibility index (Phi) is 6.84. The van der Waals surface area contributed by atoms with Gasteiger partial charge in [-0.15, -0.1) is 11.3 Å². The average Bonchev–Trinajstić information content (AvgIpc) is 2.87. The molecule has 0 aliphatic heterocycles. The molecule has 0 aliphatic carbocycles. The van der Waals surface area contributed by atoms with Crippen molar-refractivity contribution < 1.29 is 4.79 Å². The monoisotopic (exact) mass is 392 g/mol. The van der Waals surface area contributed by atoms with Crippen molar-refractivity contribution in [2.24, 2.45) is 5.92 Å². The number of thiophene rings is 1. The highest BCUT2D eigenvalue weighted by Gasteiger charge is 2.19. The predicted molar refractivity (Wildman–Crippen MR) is 107 cm³/mol. The molecule has 0 radical (unpaired) electrons. The molecule has 0 aromatic carbocycles. The number of nitriles is 1. The van der Waals surface area contributed by atoms with E-state index in [2.05, 4.69) is 18.8 Å². The van der Waals surface area contributed by atoms with Crippen LogP contribution in [0.5, 0.6) is 0 Å². The highest BCUT2D eigenvalue weighted by Crippen LogP contribution is 2.28. The minimum Gasteiger partial charge on any atom is -0.344 e. The Morgan fingerprint density at radius 2 is 2.12 bits per heavy atom. The van der Waals surface area contributed by atoms with Crippen LogP contribution in [-0.4, -0.2) is 39.7 Å². The molecule has 140 valence electrons. The second-order valence-corrected chi connectivity index (χ2v) is 8.83. The first-order valence-electron chi connectivity index (χ1n) is 8.50. The van der Waals surface area contributed by atoms with Crippen LogP contribution in [0.15, 0.2) is 9.95 Å². The van der Waals surface area contributed by atoms with Gasteiger partial charge in [0.25, 0.3) is 5.56 Å². The van der Waals surface area contributed by atoms with E-state index in [1.165, 1.54) is 23.1 Å². The standard InChI is InChI=1S/C18H24N4O2S2/c1-11(2)9-22-17(24)15-12(3)13(4)26-16(15)20-18(22)25-10-14(23)21(5)8-6-7-19/h11H,6,8-10H2,1-5H3. The van der Waals surface area contributed by atoms with Gasteiger partial charge in [0.05, 0.1) is 23.6 Å². The highest BCUT2D eigenvalue weighted by atomic mass is 32.2. The topological polar surface area (TPSA) is 79.0 Å². The van der Waals surface area contributed by atoms with E-state index in [0.717, 1.165) is 15.3 Å². The van der Waals surface area contributed by atoms with Gasteiger partial charge in [-0.3, -0.25) is 14.2 Å². The Bertz CT molecular complexity index is 909. The molecule has 6 nitrogen and oxygen atoms in total. The quantitative estimate of drug-likeness (QED) is 0.534. The summed E-state index contributed by atoms with van der Waals surface area (Å²) in [6, 6.07) is 2.04. The third-order valence-corrected chi connectivity index (χ3v) is 6.17. The van der Waals surface area contributed by atoms with Crippen LogP contribution in [0.1, 0.15) is 30.7 Å². The molecular formula is C18H24N4O2S2. The smallest absolute Gasteiger partial charge is 0.263 e. The second kappa shape index (κ2) is 8.69. The third-order valence-electron chi connectivity index (χ3n) is 4.11. The van der Waals surface area contributed by atoms with E-state index in [9.17, 15) is 9.59 Å². The van der Waals surface area contributed by atoms with Gasteiger partial charge < -0.3 is 4.90 Å². The summed E-state index contributed by atoms with van der Waals surface area (Å²) in [7, 11) is 1.68. The maximum absolute atomic E-state index is 13.0. The lowest BCUT2D eigenvalue weighted by atomic mass is 10.2. The zero-order valence-corrected chi connectivity index (χ0v) is 17.5. The molecule has 2 aromatic rings. The second-order valence-electron chi connectivity index (χ2n) is 6.68.